The highest BCUT2D eigenvalue weighted by Crippen LogP contribution is 2.52. The SMILES string of the molecule is C#Cc1c(F)cccc1[C@H]1N=C(c2nccs2)NC(CN2[C@@H]3C[C@@H](CC(=O)O)[C@H]2C(F)(F)C3)=C1C(=O)OCC. The smallest absolute Gasteiger partial charge is 0.338 e. The van der Waals surface area contributed by atoms with Crippen LogP contribution in [-0.4, -0.2) is 63.9 Å². The molecule has 0 aliphatic carbocycles. The first-order chi connectivity index (χ1) is 18.6. The number of alkyl halides is 2. The predicted octanol–water partition coefficient (Wildman–Crippen LogP) is 3.74. The van der Waals surface area contributed by atoms with Crippen molar-refractivity contribution in [3.05, 3.63) is 63.0 Å². The van der Waals surface area contributed by atoms with Crippen LogP contribution in [0.5, 0.6) is 0 Å². The molecule has 204 valence electrons. The lowest BCUT2D eigenvalue weighted by Gasteiger charge is -2.32. The van der Waals surface area contributed by atoms with Gasteiger partial charge >= 0.3 is 11.9 Å². The molecule has 0 amide bonds. The second-order valence-corrected chi connectivity index (χ2v) is 10.5. The number of carboxylic acid groups (broad SMARTS) is 1. The maximum Gasteiger partial charge on any atom is 0.338 e. The van der Waals surface area contributed by atoms with Crippen LogP contribution in [0.25, 0.3) is 0 Å². The minimum Gasteiger partial charge on any atom is -0.481 e. The van der Waals surface area contributed by atoms with Crippen LogP contribution in [0.2, 0.25) is 0 Å². The summed E-state index contributed by atoms with van der Waals surface area (Å²) in [7, 11) is 0. The fraction of sp³-hybridized carbons (Fsp3) is 0.407. The lowest BCUT2D eigenvalue weighted by Crippen LogP contribution is -2.45. The summed E-state index contributed by atoms with van der Waals surface area (Å²) in [5.74, 6) is -3.80. The number of aliphatic carboxylic acids is 1. The number of hydrogen-bond donors (Lipinski definition) is 2. The molecule has 1 aromatic heterocycles. The number of aliphatic imine (C=N–C) groups is 1. The van der Waals surface area contributed by atoms with Crippen LogP contribution in [0.15, 0.2) is 46.0 Å². The summed E-state index contributed by atoms with van der Waals surface area (Å²) in [5, 5.41) is 14.6. The minimum atomic E-state index is -3.09. The van der Waals surface area contributed by atoms with Crippen molar-refractivity contribution in [2.24, 2.45) is 10.9 Å². The van der Waals surface area contributed by atoms with Gasteiger partial charge in [0.25, 0.3) is 5.92 Å². The molecule has 2 N–H and O–H groups in total. The summed E-state index contributed by atoms with van der Waals surface area (Å²) in [6.45, 7) is 1.53. The first-order valence-corrected chi connectivity index (χ1v) is 13.3. The van der Waals surface area contributed by atoms with Gasteiger partial charge in [-0.05, 0) is 30.9 Å². The van der Waals surface area contributed by atoms with E-state index in [1.54, 1.807) is 29.5 Å². The molecule has 2 saturated heterocycles. The third-order valence-electron chi connectivity index (χ3n) is 7.31. The molecular formula is C27H25F3N4O4S. The number of halogens is 3. The van der Waals surface area contributed by atoms with Crippen LogP contribution < -0.4 is 5.32 Å². The summed E-state index contributed by atoms with van der Waals surface area (Å²) in [6.07, 6.45) is 6.71. The molecule has 8 nitrogen and oxygen atoms in total. The Hall–Kier alpha value is -3.69. The highest BCUT2D eigenvalue weighted by atomic mass is 32.1. The maximum absolute atomic E-state index is 15.0. The fourth-order valence-electron chi connectivity index (χ4n) is 5.93. The number of hydrogen-bond acceptors (Lipinski definition) is 8. The van der Waals surface area contributed by atoms with Gasteiger partial charge in [-0.3, -0.25) is 14.7 Å². The van der Waals surface area contributed by atoms with E-state index in [4.69, 9.17) is 11.2 Å². The average Bonchev–Trinajstić information content (AvgIpc) is 3.57. The highest BCUT2D eigenvalue weighted by molar-refractivity contribution is 7.11. The number of fused-ring (bicyclic) bond motifs is 2. The molecule has 5 rings (SSSR count). The third kappa shape index (κ3) is 4.92. The zero-order chi connectivity index (χ0) is 27.9. The number of carbonyl (C=O) groups excluding carboxylic acids is 1. The minimum absolute atomic E-state index is 0.0173. The molecule has 2 aromatic rings. The summed E-state index contributed by atoms with van der Waals surface area (Å²) < 4.78 is 50.2. The Balaban J connectivity index is 1.63. The third-order valence-corrected chi connectivity index (χ3v) is 8.09. The molecule has 2 fully saturated rings. The molecule has 12 heteroatoms. The molecule has 39 heavy (non-hydrogen) atoms. The van der Waals surface area contributed by atoms with Gasteiger partial charge in [-0.15, -0.1) is 17.8 Å². The number of carboxylic acids is 1. The van der Waals surface area contributed by atoms with Crippen molar-refractivity contribution in [1.82, 2.24) is 15.2 Å². The van der Waals surface area contributed by atoms with E-state index in [2.05, 4.69) is 21.2 Å². The lowest BCUT2D eigenvalue weighted by molar-refractivity contribution is -0.140. The van der Waals surface area contributed by atoms with Crippen LogP contribution in [0, 0.1) is 24.1 Å². The van der Waals surface area contributed by atoms with Crippen molar-refractivity contribution in [2.75, 3.05) is 13.2 Å². The van der Waals surface area contributed by atoms with E-state index in [-0.39, 0.29) is 47.8 Å². The Morgan fingerprint density at radius 1 is 1.38 bits per heavy atom. The van der Waals surface area contributed by atoms with E-state index >= 15 is 8.78 Å². The van der Waals surface area contributed by atoms with E-state index in [1.807, 2.05) is 0 Å². The van der Waals surface area contributed by atoms with Crippen LogP contribution in [0.4, 0.5) is 13.2 Å². The second-order valence-electron chi connectivity index (χ2n) is 9.63. The number of carbonyl (C=O) groups is 2. The number of rotatable bonds is 8. The van der Waals surface area contributed by atoms with Crippen molar-refractivity contribution in [3.8, 4) is 12.3 Å². The Morgan fingerprint density at radius 2 is 2.18 bits per heavy atom. The van der Waals surface area contributed by atoms with Crippen LogP contribution in [0.3, 0.4) is 0 Å². The zero-order valence-electron chi connectivity index (χ0n) is 20.9. The molecule has 0 spiro atoms. The number of ether oxygens (including phenoxy) is 1. The Morgan fingerprint density at radius 3 is 2.85 bits per heavy atom. The molecule has 2 bridgehead atoms. The van der Waals surface area contributed by atoms with Gasteiger partial charge in [0, 0.05) is 42.7 Å². The fourth-order valence-corrected chi connectivity index (χ4v) is 6.52. The Labute approximate surface area is 226 Å². The molecular weight excluding hydrogens is 533 g/mol. The predicted molar refractivity (Wildman–Crippen MR) is 137 cm³/mol. The van der Waals surface area contributed by atoms with Crippen LogP contribution >= 0.6 is 11.3 Å². The number of aromatic nitrogens is 1. The molecule has 3 aliphatic heterocycles. The number of benzene rings is 1. The Kier molecular flexibility index (Phi) is 7.22. The van der Waals surface area contributed by atoms with Gasteiger partial charge in [0.05, 0.1) is 23.8 Å². The zero-order valence-corrected chi connectivity index (χ0v) is 21.7. The van der Waals surface area contributed by atoms with Crippen molar-refractivity contribution in [1.29, 1.82) is 0 Å². The van der Waals surface area contributed by atoms with E-state index in [0.717, 1.165) is 0 Å². The second kappa shape index (κ2) is 10.5. The molecule has 3 aliphatic rings. The number of terminal acetylenes is 1. The maximum atomic E-state index is 15.0. The first-order valence-electron chi connectivity index (χ1n) is 12.4. The normalized spacial score (nSPS) is 25.7. The number of nitrogens with zero attached hydrogens (tertiary/aromatic N) is 3. The van der Waals surface area contributed by atoms with Crippen molar-refractivity contribution < 1.29 is 32.6 Å². The molecule has 0 unspecified atom stereocenters. The van der Waals surface area contributed by atoms with Gasteiger partial charge in [0.1, 0.15) is 11.9 Å². The standard InChI is InChI=1S/C27H25F3N4O4S/c1-3-16-17(6-5-7-18(16)28)22-21(26(37)38-4-2)19(32-24(33-22)25-31-8-9-39-25)13-34-15-10-14(11-20(35)36)23(34)27(29,30)12-15/h1,5-9,14-15,22-23H,4,10-13H2,2H3,(H,32,33)(H,35,36)/t14-,15+,22+,23-/m0/s1. The van der Waals surface area contributed by atoms with Crippen LogP contribution in [0.1, 0.15) is 48.4 Å². The van der Waals surface area contributed by atoms with E-state index < -0.39 is 54.1 Å². The summed E-state index contributed by atoms with van der Waals surface area (Å²) in [4.78, 5) is 35.3. The number of esters is 1. The topological polar surface area (TPSA) is 104 Å². The lowest BCUT2D eigenvalue weighted by atomic mass is 9.84. The van der Waals surface area contributed by atoms with Gasteiger partial charge < -0.3 is 15.2 Å². The van der Waals surface area contributed by atoms with Gasteiger partial charge in [-0.25, -0.2) is 22.9 Å². The van der Waals surface area contributed by atoms with E-state index in [9.17, 15) is 19.1 Å². The molecule has 0 saturated carbocycles. The number of thiazole rings is 1. The average molecular weight is 559 g/mol. The molecule has 0 radical (unpaired) electrons. The molecule has 1 aromatic carbocycles. The summed E-state index contributed by atoms with van der Waals surface area (Å²) in [5.41, 5.74) is 0.424. The van der Waals surface area contributed by atoms with Crippen molar-refractivity contribution in [3.63, 3.8) is 0 Å². The van der Waals surface area contributed by atoms with E-state index in [0.29, 0.717) is 11.4 Å². The van der Waals surface area contributed by atoms with Crippen LogP contribution in [-0.2, 0) is 14.3 Å². The van der Waals surface area contributed by atoms with Gasteiger partial charge in [0.15, 0.2) is 10.8 Å². The molecule has 4 heterocycles. The highest BCUT2D eigenvalue weighted by Gasteiger charge is 2.62. The van der Waals surface area contributed by atoms with Crippen molar-refractivity contribution >= 4 is 29.1 Å². The number of amidine groups is 1. The quantitative estimate of drug-likeness (QED) is 0.376. The van der Waals surface area contributed by atoms with Crippen molar-refractivity contribution in [2.45, 2.75) is 50.2 Å². The molecule has 4 atom stereocenters. The summed E-state index contributed by atoms with van der Waals surface area (Å²) >= 11 is 1.27. The van der Waals surface area contributed by atoms with Gasteiger partial charge in [-0.2, -0.15) is 0 Å². The van der Waals surface area contributed by atoms with E-state index in [1.165, 1.54) is 23.5 Å². The monoisotopic (exact) mass is 558 g/mol. The first kappa shape index (κ1) is 26.9. The largest absolute Gasteiger partial charge is 0.481 e. The number of nitrogens with one attached hydrogen (secondary N) is 1. The van der Waals surface area contributed by atoms with Gasteiger partial charge in [0.2, 0.25) is 0 Å². The van der Waals surface area contributed by atoms with Gasteiger partial charge in [-0.1, -0.05) is 18.1 Å². The Bertz CT molecular complexity index is 1400. The summed E-state index contributed by atoms with van der Waals surface area (Å²) in [6, 6.07) is 1.22.